The fraction of sp³-hybridized carbons (Fsp3) is 0.455. The Morgan fingerprint density at radius 1 is 1.07 bits per heavy atom. The van der Waals surface area contributed by atoms with Gasteiger partial charge < -0.3 is 33.8 Å². The topological polar surface area (TPSA) is 151 Å². The SMILES string of the molecule is COC1=C2C[C@@H](C)C[C@H](OC)[C@H](O)[C@@H](C)/C=C(\C)[C@H](OC=O)[C@@H](OC)/C=C\C=C(/C)C(=O)NC(=C(c3ccco3)C1=O)C2=O. The Labute approximate surface area is 257 Å². The van der Waals surface area contributed by atoms with Gasteiger partial charge in [0.1, 0.15) is 17.6 Å². The summed E-state index contributed by atoms with van der Waals surface area (Å²) < 4.78 is 27.5. The van der Waals surface area contributed by atoms with Gasteiger partial charge >= 0.3 is 0 Å². The molecule has 2 aliphatic rings. The molecule has 0 saturated heterocycles. The molecule has 2 bridgehead atoms. The maximum absolute atomic E-state index is 14.0. The van der Waals surface area contributed by atoms with Crippen LogP contribution in [-0.4, -0.2) is 74.8 Å². The predicted molar refractivity (Wildman–Crippen MR) is 161 cm³/mol. The van der Waals surface area contributed by atoms with Gasteiger partial charge in [-0.05, 0) is 50.3 Å². The molecule has 1 aliphatic carbocycles. The van der Waals surface area contributed by atoms with Gasteiger partial charge in [-0.2, -0.15) is 0 Å². The molecule has 0 aromatic carbocycles. The van der Waals surface area contributed by atoms with Crippen LogP contribution in [0.5, 0.6) is 0 Å². The van der Waals surface area contributed by atoms with Crippen LogP contribution in [0, 0.1) is 11.8 Å². The second kappa shape index (κ2) is 15.6. The number of amides is 1. The second-order valence-corrected chi connectivity index (χ2v) is 11.0. The van der Waals surface area contributed by atoms with Gasteiger partial charge in [-0.1, -0.05) is 38.2 Å². The average Bonchev–Trinajstić information content (AvgIpc) is 3.53. The molecule has 1 aromatic rings. The number of fused-ring (bicyclic) bond motifs is 2. The summed E-state index contributed by atoms with van der Waals surface area (Å²) in [5.41, 5.74) is 0.615. The van der Waals surface area contributed by atoms with Gasteiger partial charge in [0.2, 0.25) is 11.6 Å². The summed E-state index contributed by atoms with van der Waals surface area (Å²) in [6, 6.07) is 3.09. The monoisotopic (exact) mass is 611 g/mol. The van der Waals surface area contributed by atoms with Gasteiger partial charge in [-0.25, -0.2) is 0 Å². The molecule has 11 nitrogen and oxygen atoms in total. The molecular formula is C33H41NO10. The van der Waals surface area contributed by atoms with Crippen LogP contribution in [0.2, 0.25) is 0 Å². The van der Waals surface area contributed by atoms with Crippen LogP contribution in [0.15, 0.2) is 75.3 Å². The molecule has 3 rings (SSSR count). The molecule has 11 heteroatoms. The van der Waals surface area contributed by atoms with Gasteiger partial charge in [-0.3, -0.25) is 19.2 Å². The first kappa shape index (κ1) is 34.4. The number of furan rings is 1. The molecule has 6 atom stereocenters. The van der Waals surface area contributed by atoms with E-state index in [4.69, 9.17) is 23.4 Å². The number of carbonyl (C=O) groups excluding carboxylic acids is 4. The minimum Gasteiger partial charge on any atom is -0.492 e. The van der Waals surface area contributed by atoms with E-state index in [2.05, 4.69) is 5.32 Å². The lowest BCUT2D eigenvalue weighted by molar-refractivity contribution is -0.136. The Morgan fingerprint density at radius 3 is 2.39 bits per heavy atom. The number of ketones is 2. The van der Waals surface area contributed by atoms with Gasteiger partial charge in [-0.15, -0.1) is 0 Å². The van der Waals surface area contributed by atoms with Crippen molar-refractivity contribution in [2.75, 3.05) is 21.3 Å². The molecule has 0 fully saturated rings. The molecule has 0 unspecified atom stereocenters. The summed E-state index contributed by atoms with van der Waals surface area (Å²) in [5, 5.41) is 13.9. The smallest absolute Gasteiger partial charge is 0.293 e. The standard InChI is InChI=1S/C33H41NO10/c1-18-14-22-29(37)27(26(23-12-9-13-43-23)30(38)32(22)42-7)34-33(39)19(2)10-8-11-24(40-5)31(44-17-35)21(4)16-20(3)28(36)25(15-18)41-6/h8-13,16-18,20,24-25,28,31,36H,14-15H2,1-7H3,(H,34,39)/b11-8-,19-10+,21-16+/t18-,20+,24+,25+,28-,31+/m1/s1. The zero-order valence-electron chi connectivity index (χ0n) is 26.1. The molecular weight excluding hydrogens is 570 g/mol. The number of rotatable bonds is 6. The van der Waals surface area contributed by atoms with E-state index in [9.17, 15) is 24.3 Å². The van der Waals surface area contributed by atoms with E-state index in [1.165, 1.54) is 39.7 Å². The summed E-state index contributed by atoms with van der Waals surface area (Å²) in [7, 11) is 4.25. The minimum absolute atomic E-state index is 0.0972. The number of Topliss-reactive ketones (excluding diaryl/α,β-unsaturated/α-hetero) is 2. The Balaban J connectivity index is 2.17. The van der Waals surface area contributed by atoms with E-state index >= 15 is 0 Å². The number of allylic oxidation sites excluding steroid dienone is 4. The zero-order chi connectivity index (χ0) is 32.6. The van der Waals surface area contributed by atoms with Gasteiger partial charge in [0.05, 0.1) is 31.2 Å². The van der Waals surface area contributed by atoms with Gasteiger partial charge in [0.25, 0.3) is 12.4 Å². The molecule has 0 radical (unpaired) electrons. The largest absolute Gasteiger partial charge is 0.492 e. The molecule has 2 heterocycles. The molecule has 2 N–H and O–H groups in total. The van der Waals surface area contributed by atoms with Crippen molar-refractivity contribution in [1.82, 2.24) is 5.32 Å². The molecule has 0 spiro atoms. The third-order valence-corrected chi connectivity index (χ3v) is 7.83. The molecule has 44 heavy (non-hydrogen) atoms. The van der Waals surface area contributed by atoms with Gasteiger partial charge in [0.15, 0.2) is 11.9 Å². The molecule has 1 aromatic heterocycles. The summed E-state index contributed by atoms with van der Waals surface area (Å²) in [6.45, 7) is 7.32. The lowest BCUT2D eigenvalue weighted by atomic mass is 9.83. The van der Waals surface area contributed by atoms with E-state index in [1.807, 2.05) is 13.8 Å². The normalized spacial score (nSPS) is 31.0. The Morgan fingerprint density at radius 2 is 1.80 bits per heavy atom. The van der Waals surface area contributed by atoms with Crippen molar-refractivity contribution in [3.8, 4) is 0 Å². The lowest BCUT2D eigenvalue weighted by Gasteiger charge is -2.30. The van der Waals surface area contributed by atoms with E-state index in [0.717, 1.165) is 0 Å². The van der Waals surface area contributed by atoms with Crippen LogP contribution in [0.3, 0.4) is 0 Å². The number of hydrogen-bond donors (Lipinski definition) is 2. The summed E-state index contributed by atoms with van der Waals surface area (Å²) >= 11 is 0. The first-order valence-corrected chi connectivity index (χ1v) is 14.3. The number of hydrogen-bond acceptors (Lipinski definition) is 10. The van der Waals surface area contributed by atoms with Crippen molar-refractivity contribution in [2.24, 2.45) is 11.8 Å². The lowest BCUT2D eigenvalue weighted by Crippen LogP contribution is -2.37. The van der Waals surface area contributed by atoms with E-state index < -0.39 is 47.8 Å². The number of nitrogens with one attached hydrogen (secondary N) is 1. The van der Waals surface area contributed by atoms with Crippen molar-refractivity contribution in [2.45, 2.75) is 65.0 Å². The first-order chi connectivity index (χ1) is 21.0. The van der Waals surface area contributed by atoms with Crippen LogP contribution < -0.4 is 5.32 Å². The highest BCUT2D eigenvalue weighted by molar-refractivity contribution is 6.38. The Kier molecular flexibility index (Phi) is 12.2. The fourth-order valence-corrected chi connectivity index (χ4v) is 5.46. The number of carbonyl (C=O) groups is 4. The predicted octanol–water partition coefficient (Wildman–Crippen LogP) is 3.61. The Bertz CT molecular complexity index is 1380. The van der Waals surface area contributed by atoms with Crippen LogP contribution in [0.4, 0.5) is 0 Å². The molecule has 1 aliphatic heterocycles. The van der Waals surface area contributed by atoms with Crippen molar-refractivity contribution >= 4 is 29.5 Å². The van der Waals surface area contributed by atoms with Crippen LogP contribution in [0.1, 0.15) is 46.3 Å². The maximum Gasteiger partial charge on any atom is 0.293 e. The summed E-state index contributed by atoms with van der Waals surface area (Å²) in [6.07, 6.45) is 5.14. The van der Waals surface area contributed by atoms with Crippen molar-refractivity contribution in [1.29, 1.82) is 0 Å². The third kappa shape index (κ3) is 7.71. The van der Waals surface area contributed by atoms with E-state index in [-0.39, 0.29) is 46.3 Å². The maximum atomic E-state index is 14.0. The van der Waals surface area contributed by atoms with Crippen molar-refractivity contribution in [3.63, 3.8) is 0 Å². The van der Waals surface area contributed by atoms with Crippen LogP contribution in [0.25, 0.3) is 5.57 Å². The molecule has 0 saturated carbocycles. The zero-order valence-corrected chi connectivity index (χ0v) is 26.1. The summed E-state index contributed by atoms with van der Waals surface area (Å²) in [5.74, 6) is -2.53. The minimum atomic E-state index is -0.960. The van der Waals surface area contributed by atoms with E-state index in [1.54, 1.807) is 38.1 Å². The summed E-state index contributed by atoms with van der Waals surface area (Å²) in [4.78, 5) is 52.4. The number of methoxy groups -OCH3 is 3. The highest BCUT2D eigenvalue weighted by atomic mass is 16.6. The first-order valence-electron chi connectivity index (χ1n) is 14.3. The van der Waals surface area contributed by atoms with Crippen molar-refractivity contribution in [3.05, 3.63) is 76.6 Å². The van der Waals surface area contributed by atoms with Gasteiger partial charge in [0, 0.05) is 31.3 Å². The molecule has 238 valence electrons. The van der Waals surface area contributed by atoms with Crippen molar-refractivity contribution < 1.29 is 47.6 Å². The van der Waals surface area contributed by atoms with E-state index in [0.29, 0.717) is 18.5 Å². The average molecular weight is 612 g/mol. The quantitative estimate of drug-likeness (QED) is 0.277. The highest BCUT2D eigenvalue weighted by Gasteiger charge is 2.39. The Hall–Kier alpha value is -4.06. The number of ether oxygens (including phenoxy) is 4. The third-order valence-electron chi connectivity index (χ3n) is 7.83. The highest BCUT2D eigenvalue weighted by Crippen LogP contribution is 2.35. The number of aliphatic hydroxyl groups excluding tert-OH is 1. The van der Waals surface area contributed by atoms with Crippen LogP contribution >= 0.6 is 0 Å². The fourth-order valence-electron chi connectivity index (χ4n) is 5.46. The van der Waals surface area contributed by atoms with Crippen LogP contribution in [-0.2, 0) is 38.1 Å². The molecule has 1 amide bonds. The number of aliphatic hydroxyl groups is 1. The second-order valence-electron chi connectivity index (χ2n) is 11.0.